The third-order valence-electron chi connectivity index (χ3n) is 3.95. The number of nitrogens with zero attached hydrogens (tertiary/aromatic N) is 2. The Kier molecular flexibility index (Phi) is 6.38. The van der Waals surface area contributed by atoms with Crippen LogP contribution in [0.3, 0.4) is 0 Å². The van der Waals surface area contributed by atoms with Crippen molar-refractivity contribution >= 4 is 17.2 Å². The summed E-state index contributed by atoms with van der Waals surface area (Å²) < 4.78 is 11.3. The number of ether oxygens (including phenoxy) is 2. The first-order valence-corrected chi connectivity index (χ1v) is 9.31. The van der Waals surface area contributed by atoms with Gasteiger partial charge in [-0.3, -0.25) is 14.7 Å². The number of carbonyl (C=O) groups excluding carboxylic acids is 1. The minimum Gasteiger partial charge on any atom is -0.489 e. The zero-order valence-electron chi connectivity index (χ0n) is 14.3. The molecule has 2 heterocycles. The van der Waals surface area contributed by atoms with Crippen LogP contribution >= 0.6 is 11.3 Å². The number of rotatable bonds is 7. The van der Waals surface area contributed by atoms with E-state index in [2.05, 4.69) is 27.3 Å². The number of carbonyl (C=O) groups is 1. The smallest absolute Gasteiger partial charge is 0.263 e. The van der Waals surface area contributed by atoms with Crippen LogP contribution in [0, 0.1) is 0 Å². The molecule has 2 aromatic rings. The van der Waals surface area contributed by atoms with Gasteiger partial charge in [0.25, 0.3) is 5.91 Å². The highest BCUT2D eigenvalue weighted by molar-refractivity contribution is 7.11. The summed E-state index contributed by atoms with van der Waals surface area (Å²) in [5, 5.41) is 2.87. The van der Waals surface area contributed by atoms with Crippen molar-refractivity contribution in [2.24, 2.45) is 0 Å². The molecule has 6 nitrogen and oxygen atoms in total. The van der Waals surface area contributed by atoms with Crippen molar-refractivity contribution < 1.29 is 14.3 Å². The van der Waals surface area contributed by atoms with Gasteiger partial charge in [-0.15, -0.1) is 11.3 Å². The summed E-state index contributed by atoms with van der Waals surface area (Å²) in [6.07, 6.45) is 1.45. The van der Waals surface area contributed by atoms with E-state index in [9.17, 15) is 4.79 Å². The zero-order chi connectivity index (χ0) is 17.5. The van der Waals surface area contributed by atoms with Crippen LogP contribution in [-0.4, -0.2) is 54.7 Å². The predicted octanol–water partition coefficient (Wildman–Crippen LogP) is 2.17. The molecule has 7 heteroatoms. The summed E-state index contributed by atoms with van der Waals surface area (Å²) in [4.78, 5) is 18.8. The van der Waals surface area contributed by atoms with Crippen molar-refractivity contribution in [1.29, 1.82) is 0 Å². The highest BCUT2D eigenvalue weighted by atomic mass is 32.1. The van der Waals surface area contributed by atoms with E-state index in [1.54, 1.807) is 11.7 Å². The van der Waals surface area contributed by atoms with E-state index in [-0.39, 0.29) is 12.0 Å². The van der Waals surface area contributed by atoms with Gasteiger partial charge < -0.3 is 14.8 Å². The number of aromatic nitrogens is 1. The molecule has 1 N–H and O–H groups in total. The van der Waals surface area contributed by atoms with Gasteiger partial charge in [-0.25, -0.2) is 0 Å². The fraction of sp³-hybridized carbons (Fsp3) is 0.444. The molecule has 1 atom stereocenters. The average molecular weight is 361 g/mol. The van der Waals surface area contributed by atoms with Crippen LogP contribution in [0.4, 0.5) is 0 Å². The molecule has 0 bridgehead atoms. The first-order valence-electron chi connectivity index (χ1n) is 8.43. The van der Waals surface area contributed by atoms with Gasteiger partial charge in [-0.2, -0.15) is 0 Å². The van der Waals surface area contributed by atoms with Crippen LogP contribution in [0.5, 0.6) is 5.75 Å². The van der Waals surface area contributed by atoms with Gasteiger partial charge in [0, 0.05) is 19.6 Å². The molecule has 1 aliphatic rings. The molecule has 1 aliphatic heterocycles. The second-order valence-corrected chi connectivity index (χ2v) is 6.93. The van der Waals surface area contributed by atoms with E-state index in [1.165, 1.54) is 16.9 Å². The maximum atomic E-state index is 11.9. The van der Waals surface area contributed by atoms with E-state index in [0.29, 0.717) is 11.4 Å². The van der Waals surface area contributed by atoms with Crippen molar-refractivity contribution in [3.05, 3.63) is 46.4 Å². The van der Waals surface area contributed by atoms with E-state index in [1.807, 2.05) is 19.1 Å². The molecule has 0 spiro atoms. The van der Waals surface area contributed by atoms with Crippen LogP contribution < -0.4 is 10.1 Å². The first-order chi connectivity index (χ1) is 12.2. The van der Waals surface area contributed by atoms with Gasteiger partial charge >= 0.3 is 0 Å². The maximum absolute atomic E-state index is 11.9. The Morgan fingerprint density at radius 3 is 3.04 bits per heavy atom. The lowest BCUT2D eigenvalue weighted by molar-refractivity contribution is 0.0341. The second kappa shape index (κ2) is 8.94. The van der Waals surface area contributed by atoms with E-state index >= 15 is 0 Å². The Morgan fingerprint density at radius 2 is 2.28 bits per heavy atom. The lowest BCUT2D eigenvalue weighted by atomic mass is 10.2. The van der Waals surface area contributed by atoms with Gasteiger partial charge in [0.05, 0.1) is 31.5 Å². The number of morpholine rings is 1. The first kappa shape index (κ1) is 17.8. The third kappa shape index (κ3) is 5.52. The molecular formula is C18H23N3O3S. The molecule has 1 fully saturated rings. The minimum absolute atomic E-state index is 0.112. The van der Waals surface area contributed by atoms with E-state index in [4.69, 9.17) is 9.47 Å². The lowest BCUT2D eigenvalue weighted by Crippen LogP contribution is -2.35. The van der Waals surface area contributed by atoms with Gasteiger partial charge in [0.1, 0.15) is 16.7 Å². The van der Waals surface area contributed by atoms with Gasteiger partial charge in [-0.05, 0) is 24.6 Å². The normalized spacial score (nSPS) is 16.4. The minimum atomic E-state index is -0.115. The second-order valence-electron chi connectivity index (χ2n) is 6.04. The molecule has 134 valence electrons. The van der Waals surface area contributed by atoms with Crippen molar-refractivity contribution in [1.82, 2.24) is 15.2 Å². The van der Waals surface area contributed by atoms with Gasteiger partial charge in [-0.1, -0.05) is 12.1 Å². The number of hydrogen-bond acceptors (Lipinski definition) is 6. The molecule has 1 aromatic heterocycles. The van der Waals surface area contributed by atoms with Crippen LogP contribution in [0.15, 0.2) is 36.0 Å². The number of hydrogen-bond donors (Lipinski definition) is 1. The van der Waals surface area contributed by atoms with Crippen molar-refractivity contribution in [2.45, 2.75) is 19.6 Å². The standard InChI is InChI=1S/C18H23N3O3S/c1-14(10-20-18(22)17-11-19-13-25-17)24-16-4-2-3-15(9-16)12-21-5-7-23-8-6-21/h2-4,9,11,13-14H,5-8,10,12H2,1H3,(H,20,22)/t14-/m1/s1. The predicted molar refractivity (Wildman–Crippen MR) is 97.1 cm³/mol. The third-order valence-corrected chi connectivity index (χ3v) is 4.72. The van der Waals surface area contributed by atoms with E-state index < -0.39 is 0 Å². The molecule has 1 saturated heterocycles. The average Bonchev–Trinajstić information content (AvgIpc) is 3.16. The number of benzene rings is 1. The molecule has 0 unspecified atom stereocenters. The highest BCUT2D eigenvalue weighted by Crippen LogP contribution is 2.17. The largest absolute Gasteiger partial charge is 0.489 e. The Balaban J connectivity index is 1.48. The molecule has 0 saturated carbocycles. The molecule has 1 aromatic carbocycles. The van der Waals surface area contributed by atoms with Crippen molar-refractivity contribution in [3.63, 3.8) is 0 Å². The number of nitrogens with one attached hydrogen (secondary N) is 1. The Labute approximate surface area is 151 Å². The highest BCUT2D eigenvalue weighted by Gasteiger charge is 2.12. The number of amides is 1. The summed E-state index contributed by atoms with van der Waals surface area (Å²) in [7, 11) is 0. The Hall–Kier alpha value is -1.96. The van der Waals surface area contributed by atoms with Crippen LogP contribution in [-0.2, 0) is 11.3 Å². The summed E-state index contributed by atoms with van der Waals surface area (Å²) in [5.41, 5.74) is 2.87. The van der Waals surface area contributed by atoms with Crippen LogP contribution in [0.2, 0.25) is 0 Å². The van der Waals surface area contributed by atoms with Crippen molar-refractivity contribution in [2.75, 3.05) is 32.8 Å². The summed E-state index contributed by atoms with van der Waals surface area (Å²) in [5.74, 6) is 0.712. The van der Waals surface area contributed by atoms with Crippen molar-refractivity contribution in [3.8, 4) is 5.75 Å². The fourth-order valence-corrected chi connectivity index (χ4v) is 3.20. The molecule has 25 heavy (non-hydrogen) atoms. The fourth-order valence-electron chi connectivity index (χ4n) is 2.66. The molecule has 1 amide bonds. The molecule has 0 aliphatic carbocycles. The molecule has 0 radical (unpaired) electrons. The van der Waals surface area contributed by atoms with Crippen LogP contribution in [0.25, 0.3) is 0 Å². The lowest BCUT2D eigenvalue weighted by Gasteiger charge is -2.26. The van der Waals surface area contributed by atoms with Crippen LogP contribution in [0.1, 0.15) is 22.2 Å². The van der Waals surface area contributed by atoms with Gasteiger partial charge in [0.2, 0.25) is 0 Å². The van der Waals surface area contributed by atoms with Gasteiger partial charge in [0.15, 0.2) is 0 Å². The quantitative estimate of drug-likeness (QED) is 0.819. The summed E-state index contributed by atoms with van der Waals surface area (Å²) in [6, 6.07) is 8.13. The Morgan fingerprint density at radius 1 is 1.44 bits per heavy atom. The summed E-state index contributed by atoms with van der Waals surface area (Å²) >= 11 is 1.33. The maximum Gasteiger partial charge on any atom is 0.263 e. The summed E-state index contributed by atoms with van der Waals surface area (Å²) in [6.45, 7) is 6.82. The zero-order valence-corrected chi connectivity index (χ0v) is 15.1. The molecule has 3 rings (SSSR count). The topological polar surface area (TPSA) is 63.7 Å². The Bertz CT molecular complexity index is 672. The number of thiazole rings is 1. The SMILES string of the molecule is C[C@H](CNC(=O)c1cncs1)Oc1cccc(CN2CCOCC2)c1. The monoisotopic (exact) mass is 361 g/mol. The molecular weight excluding hydrogens is 338 g/mol. The van der Waals surface area contributed by atoms with E-state index in [0.717, 1.165) is 38.6 Å².